The smallest absolute Gasteiger partial charge is 0.317 e. The molecule has 0 aliphatic carbocycles. The number of hydrogen-bond donors (Lipinski definition) is 0. The van der Waals surface area contributed by atoms with Gasteiger partial charge in [0, 0.05) is 19.4 Å². The summed E-state index contributed by atoms with van der Waals surface area (Å²) in [6.45, 7) is 1.97. The molecule has 0 bridgehead atoms. The minimum absolute atomic E-state index is 0.799. The molecular weight excluding hydrogens is 182 g/mol. The van der Waals surface area contributed by atoms with Crippen molar-refractivity contribution in [3.05, 3.63) is 0 Å². The van der Waals surface area contributed by atoms with Crippen LogP contribution in [0, 0.1) is 0 Å². The molecule has 0 aromatic heterocycles. The van der Waals surface area contributed by atoms with E-state index in [0.717, 1.165) is 10.4 Å². The van der Waals surface area contributed by atoms with E-state index in [-0.39, 0.29) is 0 Å². The van der Waals surface area contributed by atoms with E-state index in [4.69, 9.17) is 8.85 Å². The summed E-state index contributed by atoms with van der Waals surface area (Å²) in [6.07, 6.45) is 0. The first kappa shape index (κ1) is 12.8. The summed E-state index contributed by atoms with van der Waals surface area (Å²) in [5, 5.41) is 2.20. The third-order valence-corrected chi connectivity index (χ3v) is 2.81. The molecule has 0 fully saturated rings. The van der Waals surface area contributed by atoms with E-state index in [0.29, 0.717) is 0 Å². The molecule has 0 N–H and O–H groups in total. The molecule has 0 unspecified atom stereocenters. The summed E-state index contributed by atoms with van der Waals surface area (Å²) in [5.41, 5.74) is 0. The molecule has 0 aliphatic rings. The normalized spacial score (nSPS) is 8.00. The molecule has 0 aromatic rings. The molecule has 0 saturated heterocycles. The van der Waals surface area contributed by atoms with Crippen LogP contribution >= 0.6 is 12.2 Å². The SMILES string of the molecule is CO[SiH](C)OC.[SiH3]N=C=S. The van der Waals surface area contributed by atoms with Crippen LogP contribution in [0.4, 0.5) is 0 Å². The Kier molecular flexibility index (Phi) is 15.2. The second-order valence-corrected chi connectivity index (χ2v) is 4.06. The Labute approximate surface area is 71.8 Å². The van der Waals surface area contributed by atoms with Crippen molar-refractivity contribution in [1.82, 2.24) is 0 Å². The van der Waals surface area contributed by atoms with Gasteiger partial charge in [0.1, 0.15) is 10.4 Å². The van der Waals surface area contributed by atoms with Crippen molar-refractivity contribution >= 4 is 37.1 Å². The fraction of sp³-hybridized carbons (Fsp3) is 0.750. The fourth-order valence-electron chi connectivity index (χ4n) is 0.0962. The van der Waals surface area contributed by atoms with Crippen LogP contribution in [0.15, 0.2) is 4.66 Å². The van der Waals surface area contributed by atoms with Crippen molar-refractivity contribution < 1.29 is 8.85 Å². The molecule has 0 aliphatic heterocycles. The second kappa shape index (κ2) is 11.9. The highest BCUT2D eigenvalue weighted by atomic mass is 32.1. The van der Waals surface area contributed by atoms with E-state index in [1.54, 1.807) is 14.2 Å². The van der Waals surface area contributed by atoms with Gasteiger partial charge in [0.05, 0.1) is 0 Å². The molecule has 6 heteroatoms. The lowest BCUT2D eigenvalue weighted by Crippen LogP contribution is -2.12. The highest BCUT2D eigenvalue weighted by Gasteiger charge is 1.94. The molecule has 0 saturated carbocycles. The summed E-state index contributed by atoms with van der Waals surface area (Å²) in [5.74, 6) is 0. The van der Waals surface area contributed by atoms with Gasteiger partial charge in [0.25, 0.3) is 0 Å². The van der Waals surface area contributed by atoms with Crippen molar-refractivity contribution in [3.8, 4) is 0 Å². The van der Waals surface area contributed by atoms with Crippen LogP contribution in [0.3, 0.4) is 0 Å². The molecule has 3 nitrogen and oxygen atoms in total. The van der Waals surface area contributed by atoms with Gasteiger partial charge in [-0.05, 0) is 18.8 Å². The van der Waals surface area contributed by atoms with Crippen LogP contribution in [-0.2, 0) is 8.85 Å². The maximum absolute atomic E-state index is 4.82. The molecule has 10 heavy (non-hydrogen) atoms. The van der Waals surface area contributed by atoms with Crippen LogP contribution in [-0.4, -0.2) is 39.1 Å². The number of hydrogen-bond acceptors (Lipinski definition) is 4. The predicted molar refractivity (Wildman–Crippen MR) is 52.0 cm³/mol. The third-order valence-electron chi connectivity index (χ3n) is 0.755. The van der Waals surface area contributed by atoms with Gasteiger partial charge in [-0.2, -0.15) is 0 Å². The van der Waals surface area contributed by atoms with Crippen molar-refractivity contribution in [3.63, 3.8) is 0 Å². The van der Waals surface area contributed by atoms with Gasteiger partial charge in [-0.25, -0.2) is 0 Å². The third kappa shape index (κ3) is 15.7. The van der Waals surface area contributed by atoms with Crippen LogP contribution in [0.5, 0.6) is 0 Å². The summed E-state index contributed by atoms with van der Waals surface area (Å²) in [7, 11) is 2.97. The van der Waals surface area contributed by atoms with E-state index >= 15 is 0 Å². The van der Waals surface area contributed by atoms with Gasteiger partial charge < -0.3 is 8.85 Å². The second-order valence-electron chi connectivity index (χ2n) is 1.35. The summed E-state index contributed by atoms with van der Waals surface area (Å²) in [6, 6.07) is 0. The monoisotopic (exact) mass is 195 g/mol. The number of nitrogens with zero attached hydrogens (tertiary/aromatic N) is 1. The highest BCUT2D eigenvalue weighted by Crippen LogP contribution is 1.77. The van der Waals surface area contributed by atoms with Gasteiger partial charge in [0.2, 0.25) is 0 Å². The first-order chi connectivity index (χ1) is 4.72. The van der Waals surface area contributed by atoms with Crippen LogP contribution in [0.25, 0.3) is 0 Å². The van der Waals surface area contributed by atoms with E-state index in [2.05, 4.69) is 22.0 Å². The Hall–Kier alpha value is 0.154. The Morgan fingerprint density at radius 2 is 1.80 bits per heavy atom. The maximum Gasteiger partial charge on any atom is 0.317 e. The molecular formula is C4H13NO2SSi2. The molecule has 0 amide bonds. The first-order valence-corrected chi connectivity index (χ1v) is 6.14. The molecule has 0 aromatic carbocycles. The van der Waals surface area contributed by atoms with Gasteiger partial charge in [-0.3, -0.25) is 4.66 Å². The lowest BCUT2D eigenvalue weighted by atomic mass is 11.8. The maximum atomic E-state index is 4.82. The summed E-state index contributed by atoms with van der Waals surface area (Å²) >= 11 is 4.17. The van der Waals surface area contributed by atoms with E-state index in [1.165, 1.54) is 0 Å². The van der Waals surface area contributed by atoms with E-state index in [1.807, 2.05) is 6.55 Å². The fourth-order valence-corrected chi connectivity index (χ4v) is 0.289. The predicted octanol–water partition coefficient (Wildman–Crippen LogP) is -0.501. The molecule has 0 heterocycles. The minimum Gasteiger partial charge on any atom is -0.400 e. The number of isothiocyanates is 1. The molecule has 0 radical (unpaired) electrons. The zero-order chi connectivity index (χ0) is 8.41. The van der Waals surface area contributed by atoms with E-state index < -0.39 is 9.28 Å². The van der Waals surface area contributed by atoms with Crippen LogP contribution < -0.4 is 0 Å². The topological polar surface area (TPSA) is 30.8 Å². The molecule has 0 spiro atoms. The van der Waals surface area contributed by atoms with Gasteiger partial charge in [-0.1, -0.05) is 0 Å². The average Bonchev–Trinajstić information content (AvgIpc) is 2.03. The standard InChI is InChI=1S/C3H10O2Si.CH3NSSi/c1-4-6(3)5-2;3-1-2-4/h6H,1-3H3;4H3. The Morgan fingerprint density at radius 3 is 1.80 bits per heavy atom. The van der Waals surface area contributed by atoms with Gasteiger partial charge >= 0.3 is 9.28 Å². The Morgan fingerprint density at radius 1 is 1.50 bits per heavy atom. The number of rotatable bonds is 2. The molecule has 60 valence electrons. The Balaban J connectivity index is 0. The zero-order valence-electron chi connectivity index (χ0n) is 6.75. The lowest BCUT2D eigenvalue weighted by molar-refractivity contribution is 0.285. The van der Waals surface area contributed by atoms with Crippen molar-refractivity contribution in [1.29, 1.82) is 0 Å². The van der Waals surface area contributed by atoms with Crippen molar-refractivity contribution in [2.75, 3.05) is 14.2 Å². The highest BCUT2D eigenvalue weighted by molar-refractivity contribution is 7.78. The first-order valence-electron chi connectivity index (χ1n) is 2.74. The van der Waals surface area contributed by atoms with Crippen LogP contribution in [0.1, 0.15) is 0 Å². The number of thiocarbonyl (C=S) groups is 1. The van der Waals surface area contributed by atoms with Crippen molar-refractivity contribution in [2.45, 2.75) is 6.55 Å². The largest absolute Gasteiger partial charge is 0.400 e. The van der Waals surface area contributed by atoms with Gasteiger partial charge in [-0.15, -0.1) is 0 Å². The van der Waals surface area contributed by atoms with Gasteiger partial charge in [0.15, 0.2) is 0 Å². The van der Waals surface area contributed by atoms with E-state index in [9.17, 15) is 0 Å². The Bertz CT molecular complexity index is 103. The summed E-state index contributed by atoms with van der Waals surface area (Å²) in [4.78, 5) is 0. The molecule has 0 atom stereocenters. The average molecular weight is 195 g/mol. The minimum atomic E-state index is -1.16. The summed E-state index contributed by atoms with van der Waals surface area (Å²) < 4.78 is 13.1. The quantitative estimate of drug-likeness (QED) is 0.338. The van der Waals surface area contributed by atoms with Crippen LogP contribution in [0.2, 0.25) is 6.55 Å². The molecule has 0 rings (SSSR count). The van der Waals surface area contributed by atoms with Crippen molar-refractivity contribution in [2.24, 2.45) is 4.66 Å². The lowest BCUT2D eigenvalue weighted by Gasteiger charge is -2.00. The zero-order valence-corrected chi connectivity index (χ0v) is 10.7.